The molecule has 180 valence electrons. The minimum absolute atomic E-state index is 0.0653. The van der Waals surface area contributed by atoms with Crippen molar-refractivity contribution < 1.29 is 24.2 Å². The first-order valence-corrected chi connectivity index (χ1v) is 12.0. The lowest BCUT2D eigenvalue weighted by Crippen LogP contribution is -2.59. The molecule has 0 heterocycles. The SMILES string of the molecule is CC[C@H](NC(=O)OCC1c2ccccc2-c2ccccc21)C(=O)NC1(C)CCCCC1C(=O)O. The number of hydrogen-bond acceptors (Lipinski definition) is 4. The highest BCUT2D eigenvalue weighted by Gasteiger charge is 2.43. The summed E-state index contributed by atoms with van der Waals surface area (Å²) in [5.41, 5.74) is 3.69. The van der Waals surface area contributed by atoms with Gasteiger partial charge in [0.15, 0.2) is 0 Å². The van der Waals surface area contributed by atoms with E-state index in [0.717, 1.165) is 35.1 Å². The summed E-state index contributed by atoms with van der Waals surface area (Å²) in [6, 6.07) is 15.4. The Labute approximate surface area is 199 Å². The summed E-state index contributed by atoms with van der Waals surface area (Å²) < 4.78 is 5.57. The van der Waals surface area contributed by atoms with Gasteiger partial charge < -0.3 is 20.5 Å². The number of carbonyl (C=O) groups is 3. The standard InChI is InChI=1S/C27H32N2O5/c1-3-23(24(30)29-27(2)15-9-8-14-22(27)25(31)32)28-26(33)34-16-21-19-12-6-4-10-17(19)18-11-5-7-13-20(18)21/h4-7,10-13,21-23H,3,8-9,14-16H2,1-2H3,(H,28,33)(H,29,30)(H,31,32)/t22?,23-,27?/m0/s1. The zero-order valence-corrected chi connectivity index (χ0v) is 19.7. The predicted octanol–water partition coefficient (Wildman–Crippen LogP) is 4.45. The molecule has 0 aliphatic heterocycles. The van der Waals surface area contributed by atoms with E-state index < -0.39 is 29.6 Å². The first-order valence-electron chi connectivity index (χ1n) is 12.0. The maximum Gasteiger partial charge on any atom is 0.407 e. The second-order valence-electron chi connectivity index (χ2n) is 9.47. The highest BCUT2D eigenvalue weighted by molar-refractivity contribution is 5.87. The fourth-order valence-corrected chi connectivity index (χ4v) is 5.38. The third-order valence-electron chi connectivity index (χ3n) is 7.28. The number of nitrogens with one attached hydrogen (secondary N) is 2. The van der Waals surface area contributed by atoms with Crippen molar-refractivity contribution in [3.63, 3.8) is 0 Å². The van der Waals surface area contributed by atoms with Gasteiger partial charge in [-0.3, -0.25) is 9.59 Å². The number of hydrogen-bond donors (Lipinski definition) is 3. The maximum absolute atomic E-state index is 13.0. The molecule has 0 spiro atoms. The van der Waals surface area contributed by atoms with Crippen LogP contribution in [0.1, 0.15) is 63.0 Å². The molecular weight excluding hydrogens is 432 g/mol. The summed E-state index contributed by atoms with van der Waals surface area (Å²) in [4.78, 5) is 37.3. The largest absolute Gasteiger partial charge is 0.481 e. The number of benzene rings is 2. The van der Waals surface area contributed by atoms with Crippen LogP contribution in [0.5, 0.6) is 0 Å². The van der Waals surface area contributed by atoms with Crippen LogP contribution in [0.15, 0.2) is 48.5 Å². The molecule has 2 amide bonds. The molecule has 2 aliphatic rings. The molecule has 7 nitrogen and oxygen atoms in total. The average Bonchev–Trinajstić information content (AvgIpc) is 3.14. The Hall–Kier alpha value is -3.35. The molecule has 0 saturated heterocycles. The van der Waals surface area contributed by atoms with E-state index in [-0.39, 0.29) is 18.4 Å². The van der Waals surface area contributed by atoms with Crippen LogP contribution in [0.25, 0.3) is 11.1 Å². The zero-order chi connectivity index (χ0) is 24.3. The van der Waals surface area contributed by atoms with Gasteiger partial charge >= 0.3 is 12.1 Å². The van der Waals surface area contributed by atoms with Crippen molar-refractivity contribution in [1.82, 2.24) is 10.6 Å². The molecule has 7 heteroatoms. The Kier molecular flexibility index (Phi) is 6.91. The van der Waals surface area contributed by atoms with Crippen LogP contribution in [-0.2, 0) is 14.3 Å². The summed E-state index contributed by atoms with van der Waals surface area (Å²) in [7, 11) is 0. The van der Waals surface area contributed by atoms with Gasteiger partial charge in [0.2, 0.25) is 5.91 Å². The third kappa shape index (κ3) is 4.65. The van der Waals surface area contributed by atoms with Crippen molar-refractivity contribution in [2.75, 3.05) is 6.61 Å². The third-order valence-corrected chi connectivity index (χ3v) is 7.28. The molecule has 4 rings (SSSR count). The molecule has 1 saturated carbocycles. The molecule has 1 fully saturated rings. The van der Waals surface area contributed by atoms with Crippen molar-refractivity contribution in [1.29, 1.82) is 0 Å². The number of carbonyl (C=O) groups excluding carboxylic acids is 2. The van der Waals surface area contributed by atoms with Gasteiger partial charge in [0.25, 0.3) is 0 Å². The van der Waals surface area contributed by atoms with Crippen molar-refractivity contribution in [2.45, 2.75) is 63.5 Å². The molecule has 2 unspecified atom stereocenters. The lowest BCUT2D eigenvalue weighted by molar-refractivity contribution is -0.147. The van der Waals surface area contributed by atoms with Crippen LogP contribution < -0.4 is 10.6 Å². The van der Waals surface area contributed by atoms with Crippen molar-refractivity contribution in [2.24, 2.45) is 5.92 Å². The molecule has 2 aliphatic carbocycles. The summed E-state index contributed by atoms with van der Waals surface area (Å²) in [5.74, 6) is -1.99. The van der Waals surface area contributed by atoms with Gasteiger partial charge in [0.05, 0.1) is 11.5 Å². The van der Waals surface area contributed by atoms with Crippen molar-refractivity contribution in [3.8, 4) is 11.1 Å². The Morgan fingerprint density at radius 2 is 1.68 bits per heavy atom. The summed E-state index contributed by atoms with van der Waals surface area (Å²) in [6.45, 7) is 3.74. The second kappa shape index (κ2) is 9.87. The maximum atomic E-state index is 13.0. The Morgan fingerprint density at radius 3 is 2.26 bits per heavy atom. The molecule has 0 bridgehead atoms. The quantitative estimate of drug-likeness (QED) is 0.561. The topological polar surface area (TPSA) is 105 Å². The van der Waals surface area contributed by atoms with Crippen molar-refractivity contribution >= 4 is 18.0 Å². The van der Waals surface area contributed by atoms with E-state index in [0.29, 0.717) is 19.3 Å². The molecule has 0 aromatic heterocycles. The van der Waals surface area contributed by atoms with Gasteiger partial charge in [-0.05, 0) is 48.4 Å². The molecule has 3 atom stereocenters. The number of rotatable bonds is 7. The van der Waals surface area contributed by atoms with Gasteiger partial charge in [0, 0.05) is 5.92 Å². The minimum Gasteiger partial charge on any atom is -0.481 e. The lowest BCUT2D eigenvalue weighted by atomic mass is 9.73. The van der Waals surface area contributed by atoms with Crippen molar-refractivity contribution in [3.05, 3.63) is 59.7 Å². The molecule has 34 heavy (non-hydrogen) atoms. The summed E-state index contributed by atoms with van der Waals surface area (Å²) >= 11 is 0. The lowest BCUT2D eigenvalue weighted by Gasteiger charge is -2.40. The van der Waals surface area contributed by atoms with E-state index in [2.05, 4.69) is 22.8 Å². The Bertz CT molecular complexity index is 1040. The van der Waals surface area contributed by atoms with E-state index in [4.69, 9.17) is 4.74 Å². The van der Waals surface area contributed by atoms with E-state index in [9.17, 15) is 19.5 Å². The Morgan fingerprint density at radius 1 is 1.06 bits per heavy atom. The predicted molar refractivity (Wildman–Crippen MR) is 128 cm³/mol. The van der Waals surface area contributed by atoms with Gasteiger partial charge in [-0.1, -0.05) is 68.3 Å². The highest BCUT2D eigenvalue weighted by atomic mass is 16.5. The summed E-state index contributed by atoms with van der Waals surface area (Å²) in [6.07, 6.45) is 2.52. The normalized spacial score (nSPS) is 22.2. The van der Waals surface area contributed by atoms with Crippen LogP contribution in [0.4, 0.5) is 4.79 Å². The molecule has 2 aromatic rings. The van der Waals surface area contributed by atoms with Crippen LogP contribution >= 0.6 is 0 Å². The molecule has 3 N–H and O–H groups in total. The number of fused-ring (bicyclic) bond motifs is 3. The number of alkyl carbamates (subject to hydrolysis) is 1. The minimum atomic E-state index is -0.903. The van der Waals surface area contributed by atoms with Crippen LogP contribution in [-0.4, -0.2) is 41.3 Å². The second-order valence-corrected chi connectivity index (χ2v) is 9.47. The zero-order valence-electron chi connectivity index (χ0n) is 19.7. The first kappa shape index (κ1) is 23.8. The fraction of sp³-hybridized carbons (Fsp3) is 0.444. The van der Waals surface area contributed by atoms with E-state index >= 15 is 0 Å². The number of carboxylic acid groups (broad SMARTS) is 1. The van der Waals surface area contributed by atoms with E-state index in [1.807, 2.05) is 36.4 Å². The average molecular weight is 465 g/mol. The van der Waals surface area contributed by atoms with Crippen LogP contribution in [0, 0.1) is 5.92 Å². The summed E-state index contributed by atoms with van der Waals surface area (Å²) in [5, 5.41) is 15.2. The fourth-order valence-electron chi connectivity index (χ4n) is 5.38. The number of ether oxygens (including phenoxy) is 1. The highest BCUT2D eigenvalue weighted by Crippen LogP contribution is 2.44. The monoisotopic (exact) mass is 464 g/mol. The number of aliphatic carboxylic acids is 1. The number of carboxylic acids is 1. The smallest absolute Gasteiger partial charge is 0.407 e. The van der Waals surface area contributed by atoms with E-state index in [1.165, 1.54) is 0 Å². The van der Waals surface area contributed by atoms with Crippen LogP contribution in [0.3, 0.4) is 0 Å². The van der Waals surface area contributed by atoms with Gasteiger partial charge in [-0.15, -0.1) is 0 Å². The Balaban J connectivity index is 1.38. The van der Waals surface area contributed by atoms with Gasteiger partial charge in [-0.25, -0.2) is 4.79 Å². The number of amides is 2. The van der Waals surface area contributed by atoms with Gasteiger partial charge in [-0.2, -0.15) is 0 Å². The van der Waals surface area contributed by atoms with Crippen LogP contribution in [0.2, 0.25) is 0 Å². The van der Waals surface area contributed by atoms with E-state index in [1.54, 1.807) is 13.8 Å². The first-order chi connectivity index (χ1) is 16.3. The van der Waals surface area contributed by atoms with Gasteiger partial charge in [0.1, 0.15) is 12.6 Å². The molecule has 0 radical (unpaired) electrons. The molecule has 2 aromatic carbocycles. The molecular formula is C27H32N2O5.